The Kier molecular flexibility index (Phi) is 4.48. The Bertz CT molecular complexity index is 1150. The third kappa shape index (κ3) is 3.30. The lowest BCUT2D eigenvalue weighted by Crippen LogP contribution is -2.27. The van der Waals surface area contributed by atoms with Crippen molar-refractivity contribution in [1.29, 1.82) is 0 Å². The minimum Gasteiger partial charge on any atom is -0.337 e. The van der Waals surface area contributed by atoms with E-state index < -0.39 is 17.3 Å². The molecule has 1 N–H and O–H groups in total. The number of aromatic amines is 1. The lowest BCUT2D eigenvalue weighted by molar-refractivity contribution is -0.137. The van der Waals surface area contributed by atoms with Crippen molar-refractivity contribution in [3.8, 4) is 11.3 Å². The second-order valence-corrected chi connectivity index (χ2v) is 6.73. The molecule has 1 aliphatic heterocycles. The number of carbonyl (C=O) groups excluding carboxylic acids is 1. The molecule has 3 aromatic rings. The van der Waals surface area contributed by atoms with Gasteiger partial charge in [0.05, 0.1) is 17.9 Å². The highest BCUT2D eigenvalue weighted by Gasteiger charge is 2.32. The number of hydrogen-bond acceptors (Lipinski definition) is 4. The molecule has 2 aromatic heterocycles. The van der Waals surface area contributed by atoms with Gasteiger partial charge in [-0.25, -0.2) is 4.98 Å². The maximum absolute atomic E-state index is 12.9. The number of aromatic nitrogens is 4. The van der Waals surface area contributed by atoms with Crippen molar-refractivity contribution in [3.05, 3.63) is 59.2 Å². The molecule has 0 radical (unpaired) electrons. The van der Waals surface area contributed by atoms with Crippen molar-refractivity contribution >= 4 is 16.9 Å². The minimum absolute atomic E-state index is 0.209. The molecule has 0 saturated carbocycles. The summed E-state index contributed by atoms with van der Waals surface area (Å²) in [5.41, 5.74) is 0.0619. The zero-order valence-electron chi connectivity index (χ0n) is 15.1. The molecule has 1 atom stereocenters. The fourth-order valence-electron chi connectivity index (χ4n) is 3.53. The van der Waals surface area contributed by atoms with E-state index in [2.05, 4.69) is 21.6 Å². The second-order valence-electron chi connectivity index (χ2n) is 6.73. The third-order valence-electron chi connectivity index (χ3n) is 4.97. The van der Waals surface area contributed by atoms with Gasteiger partial charge in [0.15, 0.2) is 5.52 Å². The van der Waals surface area contributed by atoms with Crippen molar-refractivity contribution in [1.82, 2.24) is 24.6 Å². The lowest BCUT2D eigenvalue weighted by Gasteiger charge is -2.14. The van der Waals surface area contributed by atoms with Crippen LogP contribution in [-0.2, 0) is 11.0 Å². The zero-order chi connectivity index (χ0) is 20.8. The van der Waals surface area contributed by atoms with Crippen molar-refractivity contribution in [2.24, 2.45) is 0 Å². The summed E-state index contributed by atoms with van der Waals surface area (Å²) in [4.78, 5) is 32.6. The van der Waals surface area contributed by atoms with Gasteiger partial charge in [0.1, 0.15) is 11.2 Å². The zero-order valence-corrected chi connectivity index (χ0v) is 15.1. The molecule has 1 unspecified atom stereocenters. The highest BCUT2D eigenvalue weighted by atomic mass is 19.4. The molecule has 0 spiro atoms. The number of amides is 1. The fraction of sp³-hybridized carbons (Fsp3) is 0.263. The van der Waals surface area contributed by atoms with E-state index in [0.717, 1.165) is 12.1 Å². The van der Waals surface area contributed by atoms with Gasteiger partial charge >= 0.3 is 6.18 Å². The summed E-state index contributed by atoms with van der Waals surface area (Å²) in [6.07, 6.45) is -1.41. The first kappa shape index (κ1) is 18.9. The molecule has 150 valence electrons. The van der Waals surface area contributed by atoms with Gasteiger partial charge in [-0.15, -0.1) is 0 Å². The number of halogens is 3. The van der Waals surface area contributed by atoms with Gasteiger partial charge in [-0.05, 0) is 24.6 Å². The number of carbonyl (C=O) groups is 1. The summed E-state index contributed by atoms with van der Waals surface area (Å²) in [5, 5.41) is 4.50. The van der Waals surface area contributed by atoms with Crippen LogP contribution in [0.3, 0.4) is 0 Å². The Balaban J connectivity index is 1.79. The monoisotopic (exact) mass is 403 g/mol. The number of nitrogens with zero attached hydrogens (tertiary/aromatic N) is 4. The molecule has 29 heavy (non-hydrogen) atoms. The van der Waals surface area contributed by atoms with Crippen LogP contribution >= 0.6 is 0 Å². The first-order chi connectivity index (χ1) is 13.8. The normalized spacial score (nSPS) is 17.1. The predicted octanol–water partition coefficient (Wildman–Crippen LogP) is 2.76. The van der Waals surface area contributed by atoms with E-state index in [-0.39, 0.29) is 17.5 Å². The Morgan fingerprint density at radius 1 is 1.28 bits per heavy atom. The average molecular weight is 403 g/mol. The fourth-order valence-corrected chi connectivity index (χ4v) is 3.53. The van der Waals surface area contributed by atoms with E-state index in [1.807, 2.05) is 0 Å². The number of H-pyrrole nitrogens is 1. The number of fused-ring (bicyclic) bond motifs is 1. The van der Waals surface area contributed by atoms with Crippen molar-refractivity contribution in [2.45, 2.75) is 18.6 Å². The van der Waals surface area contributed by atoms with Crippen molar-refractivity contribution in [2.75, 3.05) is 13.1 Å². The molecule has 0 aliphatic carbocycles. The molecule has 1 saturated heterocycles. The molecular weight excluding hydrogens is 387 g/mol. The van der Waals surface area contributed by atoms with Crippen molar-refractivity contribution < 1.29 is 18.0 Å². The summed E-state index contributed by atoms with van der Waals surface area (Å²) in [6, 6.07) is 4.29. The van der Waals surface area contributed by atoms with Crippen LogP contribution in [0.4, 0.5) is 13.2 Å². The minimum atomic E-state index is -4.44. The Hall–Kier alpha value is -3.43. The van der Waals surface area contributed by atoms with E-state index in [1.165, 1.54) is 29.2 Å². The van der Waals surface area contributed by atoms with Crippen molar-refractivity contribution in [3.63, 3.8) is 0 Å². The summed E-state index contributed by atoms with van der Waals surface area (Å²) in [7, 11) is 0. The SMILES string of the molecule is C=CC(=O)N1CCC(n2nc(-c3ccc(C(F)(F)F)cc3)c3nc[nH]c(=O)c32)C1. The van der Waals surface area contributed by atoms with E-state index in [0.29, 0.717) is 36.3 Å². The summed E-state index contributed by atoms with van der Waals surface area (Å²) >= 11 is 0. The molecule has 3 heterocycles. The summed E-state index contributed by atoms with van der Waals surface area (Å²) < 4.78 is 40.1. The van der Waals surface area contributed by atoms with Gasteiger partial charge in [-0.1, -0.05) is 18.7 Å². The number of rotatable bonds is 3. The highest BCUT2D eigenvalue weighted by Crippen LogP contribution is 2.33. The van der Waals surface area contributed by atoms with Gasteiger partial charge in [0, 0.05) is 18.7 Å². The highest BCUT2D eigenvalue weighted by molar-refractivity contribution is 5.89. The van der Waals surface area contributed by atoms with Crippen LogP contribution in [0.25, 0.3) is 22.3 Å². The molecule has 4 rings (SSSR count). The smallest absolute Gasteiger partial charge is 0.337 e. The van der Waals surface area contributed by atoms with Gasteiger partial charge in [0.25, 0.3) is 5.56 Å². The lowest BCUT2D eigenvalue weighted by atomic mass is 10.1. The van der Waals surface area contributed by atoms with Crippen LogP contribution in [0.2, 0.25) is 0 Å². The molecule has 1 amide bonds. The topological polar surface area (TPSA) is 83.9 Å². The molecular formula is C19H16F3N5O2. The molecule has 7 nitrogen and oxygen atoms in total. The van der Waals surface area contributed by atoms with Crippen LogP contribution < -0.4 is 5.56 Å². The van der Waals surface area contributed by atoms with E-state index in [1.54, 1.807) is 4.90 Å². The predicted molar refractivity (Wildman–Crippen MR) is 99.0 cm³/mol. The number of benzene rings is 1. The van der Waals surface area contributed by atoms with Gasteiger partial charge in [-0.2, -0.15) is 18.3 Å². The second kappa shape index (κ2) is 6.87. The molecule has 1 fully saturated rings. The van der Waals surface area contributed by atoms with E-state index in [9.17, 15) is 22.8 Å². The summed E-state index contributed by atoms with van der Waals surface area (Å²) in [6.45, 7) is 4.32. The van der Waals surface area contributed by atoms with E-state index in [4.69, 9.17) is 0 Å². The first-order valence-electron chi connectivity index (χ1n) is 8.84. The Labute approximate surface area is 162 Å². The molecule has 0 bridgehead atoms. The summed E-state index contributed by atoms with van der Waals surface area (Å²) in [5.74, 6) is -0.209. The first-order valence-corrected chi connectivity index (χ1v) is 8.84. The van der Waals surface area contributed by atoms with Crippen LogP contribution in [0.15, 0.2) is 48.0 Å². The van der Waals surface area contributed by atoms with Crippen LogP contribution in [0.5, 0.6) is 0 Å². The quantitative estimate of drug-likeness (QED) is 0.682. The average Bonchev–Trinajstić information content (AvgIpc) is 3.32. The number of nitrogens with one attached hydrogen (secondary N) is 1. The Morgan fingerprint density at radius 2 is 2.00 bits per heavy atom. The van der Waals surface area contributed by atoms with Crippen LogP contribution in [0.1, 0.15) is 18.0 Å². The number of alkyl halides is 3. The number of hydrogen-bond donors (Lipinski definition) is 1. The largest absolute Gasteiger partial charge is 0.416 e. The third-order valence-corrected chi connectivity index (χ3v) is 4.97. The molecule has 1 aromatic carbocycles. The Morgan fingerprint density at radius 3 is 2.66 bits per heavy atom. The van der Waals surface area contributed by atoms with Crippen LogP contribution in [0, 0.1) is 0 Å². The van der Waals surface area contributed by atoms with Gasteiger partial charge in [-0.3, -0.25) is 14.3 Å². The van der Waals surface area contributed by atoms with Gasteiger partial charge in [0.2, 0.25) is 5.91 Å². The molecule has 10 heteroatoms. The van der Waals surface area contributed by atoms with E-state index >= 15 is 0 Å². The molecule has 1 aliphatic rings. The maximum atomic E-state index is 12.9. The van der Waals surface area contributed by atoms with Crippen LogP contribution in [-0.4, -0.2) is 43.6 Å². The number of likely N-dealkylation sites (tertiary alicyclic amines) is 1. The standard InChI is InChI=1S/C19H16F3N5O2/c1-2-14(28)26-8-7-13(9-26)27-17-16(23-10-24-18(17)29)15(25-27)11-3-5-12(6-4-11)19(20,21)22/h2-6,10,13H,1,7-9H2,(H,23,24,29). The maximum Gasteiger partial charge on any atom is 0.416 e. The van der Waals surface area contributed by atoms with Gasteiger partial charge < -0.3 is 9.88 Å².